The van der Waals surface area contributed by atoms with Gasteiger partial charge in [0.25, 0.3) is 11.8 Å². The highest BCUT2D eigenvalue weighted by atomic mass is 35.5. The molecule has 2 aromatic rings. The lowest BCUT2D eigenvalue weighted by Gasteiger charge is -2.32. The molecule has 0 aromatic heterocycles. The molecule has 0 bridgehead atoms. The van der Waals surface area contributed by atoms with Crippen molar-refractivity contribution in [2.24, 2.45) is 4.99 Å². The molecule has 0 atom stereocenters. The maximum Gasteiger partial charge on any atom is 0.256 e. The smallest absolute Gasteiger partial charge is 0.256 e. The molecular formula is C26H32ClN5O2. The molecule has 1 saturated heterocycles. The van der Waals surface area contributed by atoms with Gasteiger partial charge < -0.3 is 15.5 Å². The van der Waals surface area contributed by atoms with E-state index in [4.69, 9.17) is 11.6 Å². The second-order valence-electron chi connectivity index (χ2n) is 8.45. The minimum atomic E-state index is -0.282. The molecule has 1 fully saturated rings. The molecular weight excluding hydrogens is 450 g/mol. The Bertz CT molecular complexity index is 1100. The largest absolute Gasteiger partial charge is 0.322 e. The summed E-state index contributed by atoms with van der Waals surface area (Å²) in [4.78, 5) is 34.2. The molecule has 1 heterocycles. The topological polar surface area (TPSA) is 77.0 Å². The van der Waals surface area contributed by atoms with Gasteiger partial charge in [-0.2, -0.15) is 0 Å². The quantitative estimate of drug-likeness (QED) is 0.586. The summed E-state index contributed by atoms with van der Waals surface area (Å²) in [6.07, 6.45) is 3.35. The number of nitrogens with one attached hydrogen (secondary N) is 2. The first-order valence-corrected chi connectivity index (χ1v) is 11.7. The van der Waals surface area contributed by atoms with Crippen LogP contribution >= 0.6 is 11.6 Å². The number of rotatable bonds is 7. The molecule has 2 aromatic carbocycles. The van der Waals surface area contributed by atoms with E-state index in [1.54, 1.807) is 49.7 Å². The Labute approximate surface area is 206 Å². The van der Waals surface area contributed by atoms with Gasteiger partial charge >= 0.3 is 0 Å². The van der Waals surface area contributed by atoms with Crippen molar-refractivity contribution in [3.8, 4) is 0 Å². The van der Waals surface area contributed by atoms with Gasteiger partial charge in [0.05, 0.1) is 5.70 Å². The molecule has 3 rings (SSSR count). The zero-order valence-corrected chi connectivity index (χ0v) is 20.9. The van der Waals surface area contributed by atoms with Crippen molar-refractivity contribution < 1.29 is 9.59 Å². The van der Waals surface area contributed by atoms with Crippen molar-refractivity contribution >= 4 is 35.3 Å². The summed E-state index contributed by atoms with van der Waals surface area (Å²) >= 11 is 6.51. The van der Waals surface area contributed by atoms with Crippen LogP contribution in [-0.2, 0) is 6.54 Å². The highest BCUT2D eigenvalue weighted by Crippen LogP contribution is 2.22. The van der Waals surface area contributed by atoms with Crippen molar-refractivity contribution in [1.82, 2.24) is 15.1 Å². The summed E-state index contributed by atoms with van der Waals surface area (Å²) in [6, 6.07) is 10.7. The van der Waals surface area contributed by atoms with E-state index in [0.29, 0.717) is 27.5 Å². The van der Waals surface area contributed by atoms with Crippen LogP contribution in [0.15, 0.2) is 53.2 Å². The Morgan fingerprint density at radius 1 is 1.09 bits per heavy atom. The lowest BCUT2D eigenvalue weighted by molar-refractivity contribution is 0.0965. The second-order valence-corrected chi connectivity index (χ2v) is 8.86. The average Bonchev–Trinajstić information content (AvgIpc) is 2.82. The van der Waals surface area contributed by atoms with E-state index in [2.05, 4.69) is 32.5 Å². The van der Waals surface area contributed by atoms with Gasteiger partial charge in [-0.05, 0) is 56.3 Å². The zero-order chi connectivity index (χ0) is 24.7. The van der Waals surface area contributed by atoms with Gasteiger partial charge in [0.1, 0.15) is 0 Å². The van der Waals surface area contributed by atoms with Crippen LogP contribution in [0.1, 0.15) is 38.8 Å². The van der Waals surface area contributed by atoms with Gasteiger partial charge in [0.2, 0.25) is 0 Å². The molecule has 0 unspecified atom stereocenters. The van der Waals surface area contributed by atoms with E-state index in [1.165, 1.54) is 0 Å². The summed E-state index contributed by atoms with van der Waals surface area (Å²) in [5, 5.41) is 6.27. The fraction of sp³-hybridized carbons (Fsp3) is 0.346. The highest BCUT2D eigenvalue weighted by molar-refractivity contribution is 6.31. The van der Waals surface area contributed by atoms with Gasteiger partial charge in [-0.3, -0.25) is 19.5 Å². The van der Waals surface area contributed by atoms with Gasteiger partial charge in [-0.1, -0.05) is 29.8 Å². The van der Waals surface area contributed by atoms with Crippen LogP contribution in [0.2, 0.25) is 5.02 Å². The SMILES string of the molecule is C/C=C(\C=NC)NC(=O)c1cc(NC(=O)c2ccc(CN3CCN(C)CC3)c(Cl)c2)ccc1C. The molecule has 8 heteroatoms. The number of aryl methyl sites for hydroxylation is 1. The normalized spacial score (nSPS) is 15.5. The fourth-order valence-corrected chi connectivity index (χ4v) is 3.97. The van der Waals surface area contributed by atoms with Gasteiger partial charge in [-0.25, -0.2) is 0 Å². The number of allylic oxidation sites excluding steroid dienone is 2. The minimum absolute atomic E-state index is 0.266. The van der Waals surface area contributed by atoms with E-state index in [9.17, 15) is 9.59 Å². The molecule has 34 heavy (non-hydrogen) atoms. The lowest BCUT2D eigenvalue weighted by Crippen LogP contribution is -2.43. The van der Waals surface area contributed by atoms with Crippen molar-refractivity contribution in [2.75, 3.05) is 45.6 Å². The van der Waals surface area contributed by atoms with Crippen molar-refractivity contribution in [3.63, 3.8) is 0 Å². The molecule has 1 aliphatic rings. The van der Waals surface area contributed by atoms with Gasteiger partial charge in [0, 0.05) is 67.8 Å². The third-order valence-electron chi connectivity index (χ3n) is 5.88. The minimum Gasteiger partial charge on any atom is -0.322 e. The maximum atomic E-state index is 12.9. The number of amides is 2. The first-order chi connectivity index (χ1) is 16.3. The van der Waals surface area contributed by atoms with Crippen molar-refractivity contribution in [3.05, 3.63) is 75.4 Å². The maximum absolute atomic E-state index is 12.9. The lowest BCUT2D eigenvalue weighted by atomic mass is 10.1. The first kappa shape index (κ1) is 25.6. The number of anilines is 1. The Kier molecular flexibility index (Phi) is 8.98. The van der Waals surface area contributed by atoms with E-state index in [-0.39, 0.29) is 11.8 Å². The monoisotopic (exact) mass is 481 g/mol. The second kappa shape index (κ2) is 11.9. The average molecular weight is 482 g/mol. The number of carbonyl (C=O) groups excluding carboxylic acids is 2. The van der Waals surface area contributed by atoms with Crippen molar-refractivity contribution in [1.29, 1.82) is 0 Å². The molecule has 2 N–H and O–H groups in total. The summed E-state index contributed by atoms with van der Waals surface area (Å²) in [5.41, 5.74) is 3.89. The number of likely N-dealkylation sites (N-methyl/N-ethyl adjacent to an activating group) is 1. The number of benzene rings is 2. The van der Waals surface area contributed by atoms with Crippen LogP contribution in [0.25, 0.3) is 0 Å². The van der Waals surface area contributed by atoms with Gasteiger partial charge in [0.15, 0.2) is 0 Å². The Morgan fingerprint density at radius 2 is 1.82 bits per heavy atom. The molecule has 0 spiro atoms. The predicted octanol–water partition coefficient (Wildman–Crippen LogP) is 3.98. The number of piperazine rings is 1. The summed E-state index contributed by atoms with van der Waals surface area (Å²) < 4.78 is 0. The molecule has 180 valence electrons. The van der Waals surface area contributed by atoms with Crippen LogP contribution in [0.4, 0.5) is 5.69 Å². The standard InChI is InChI=1S/C26H32ClN5O2/c1-5-21(16-28-3)29-26(34)23-15-22(9-6-18(23)2)30-25(33)19-7-8-20(24(27)14-19)17-32-12-10-31(4)11-13-32/h5-9,14-16H,10-13,17H2,1-4H3,(H,29,34)(H,30,33)/b21-5+,28-16?. The van der Waals surface area contributed by atoms with Gasteiger partial charge in [-0.15, -0.1) is 0 Å². The molecule has 0 saturated carbocycles. The Morgan fingerprint density at radius 3 is 2.47 bits per heavy atom. The third kappa shape index (κ3) is 6.76. The molecule has 0 radical (unpaired) electrons. The predicted molar refractivity (Wildman–Crippen MR) is 139 cm³/mol. The zero-order valence-electron chi connectivity index (χ0n) is 20.2. The van der Waals surface area contributed by atoms with E-state index in [1.807, 2.05) is 19.9 Å². The molecule has 7 nitrogen and oxygen atoms in total. The number of carbonyl (C=O) groups is 2. The number of hydrogen-bond donors (Lipinski definition) is 2. The molecule has 0 aliphatic carbocycles. The Balaban J connectivity index is 1.68. The van der Waals surface area contributed by atoms with E-state index < -0.39 is 0 Å². The third-order valence-corrected chi connectivity index (χ3v) is 6.23. The number of nitrogens with zero attached hydrogens (tertiary/aromatic N) is 3. The van der Waals surface area contributed by atoms with E-state index >= 15 is 0 Å². The summed E-state index contributed by atoms with van der Waals surface area (Å²) in [7, 11) is 3.77. The summed E-state index contributed by atoms with van der Waals surface area (Å²) in [5.74, 6) is -0.548. The molecule has 2 amide bonds. The van der Waals surface area contributed by atoms with Crippen LogP contribution in [0.5, 0.6) is 0 Å². The number of hydrogen-bond acceptors (Lipinski definition) is 5. The van der Waals surface area contributed by atoms with E-state index in [0.717, 1.165) is 43.9 Å². The summed E-state index contributed by atoms with van der Waals surface area (Å²) in [6.45, 7) is 8.51. The van der Waals surface area contributed by atoms with Crippen LogP contribution in [0, 0.1) is 6.92 Å². The fourth-order valence-electron chi connectivity index (χ4n) is 3.73. The van der Waals surface area contributed by atoms with Crippen LogP contribution < -0.4 is 10.6 Å². The number of aliphatic imine (C=N–C) groups is 1. The highest BCUT2D eigenvalue weighted by Gasteiger charge is 2.17. The first-order valence-electron chi connectivity index (χ1n) is 11.3. The van der Waals surface area contributed by atoms with Crippen molar-refractivity contribution in [2.45, 2.75) is 20.4 Å². The molecule has 1 aliphatic heterocycles. The van der Waals surface area contributed by atoms with Crippen LogP contribution in [0.3, 0.4) is 0 Å². The number of halogens is 1. The van der Waals surface area contributed by atoms with Crippen LogP contribution in [-0.4, -0.2) is 68.1 Å². The Hall–Kier alpha value is -3.00.